The molecule has 0 unspecified atom stereocenters. The summed E-state index contributed by atoms with van der Waals surface area (Å²) in [5, 5.41) is 3.27. The van der Waals surface area contributed by atoms with E-state index in [2.05, 4.69) is 81.0 Å². The first kappa shape index (κ1) is 15.0. The first-order valence-electron chi connectivity index (χ1n) is 7.77. The van der Waals surface area contributed by atoms with Crippen molar-refractivity contribution in [3.8, 4) is 11.3 Å². The van der Waals surface area contributed by atoms with E-state index in [-0.39, 0.29) is 0 Å². The Bertz CT molecular complexity index is 834. The van der Waals surface area contributed by atoms with Crippen molar-refractivity contribution in [3.05, 3.63) is 57.6 Å². The van der Waals surface area contributed by atoms with Crippen LogP contribution in [-0.2, 0) is 6.54 Å². The third-order valence-corrected chi connectivity index (χ3v) is 5.98. The van der Waals surface area contributed by atoms with E-state index in [1.807, 2.05) is 0 Å². The summed E-state index contributed by atoms with van der Waals surface area (Å²) in [5.41, 5.74) is 4.96. The summed E-state index contributed by atoms with van der Waals surface area (Å²) in [6.07, 6.45) is 0. The Labute approximate surface area is 148 Å². The van der Waals surface area contributed by atoms with Crippen molar-refractivity contribution in [1.82, 2.24) is 9.55 Å². The molecule has 1 aromatic carbocycles. The van der Waals surface area contributed by atoms with Gasteiger partial charge >= 0.3 is 0 Å². The number of fused-ring (bicyclic) bond motifs is 1. The monoisotopic (exact) mass is 387 g/mol. The Morgan fingerprint density at radius 2 is 1.91 bits per heavy atom. The van der Waals surface area contributed by atoms with Crippen molar-refractivity contribution >= 4 is 32.4 Å². The minimum atomic E-state index is 0.362. The zero-order valence-corrected chi connectivity index (χ0v) is 15.6. The SMILES string of the molecule is Cc1ccc2n1CCN(c1nc(-c3ccc(Br)cc3)cs1)[C@H]2C. The fourth-order valence-electron chi connectivity index (χ4n) is 3.23. The van der Waals surface area contributed by atoms with Gasteiger partial charge in [0.1, 0.15) is 0 Å². The van der Waals surface area contributed by atoms with Crippen LogP contribution < -0.4 is 4.90 Å². The number of benzene rings is 1. The van der Waals surface area contributed by atoms with Gasteiger partial charge in [0.25, 0.3) is 0 Å². The van der Waals surface area contributed by atoms with E-state index in [0.717, 1.165) is 28.4 Å². The van der Waals surface area contributed by atoms with Crippen LogP contribution in [0.1, 0.15) is 24.4 Å². The van der Waals surface area contributed by atoms with Crippen LogP contribution in [0, 0.1) is 6.92 Å². The molecule has 3 aromatic rings. The zero-order valence-electron chi connectivity index (χ0n) is 13.2. The Morgan fingerprint density at radius 3 is 2.70 bits per heavy atom. The lowest BCUT2D eigenvalue weighted by atomic mass is 10.1. The lowest BCUT2D eigenvalue weighted by Crippen LogP contribution is -2.36. The van der Waals surface area contributed by atoms with Gasteiger partial charge in [-0.25, -0.2) is 4.98 Å². The van der Waals surface area contributed by atoms with Crippen LogP contribution in [0.15, 0.2) is 46.3 Å². The van der Waals surface area contributed by atoms with Crippen LogP contribution >= 0.6 is 27.3 Å². The molecule has 5 heteroatoms. The first-order valence-corrected chi connectivity index (χ1v) is 9.45. The van der Waals surface area contributed by atoms with E-state index in [1.165, 1.54) is 17.0 Å². The highest BCUT2D eigenvalue weighted by molar-refractivity contribution is 9.10. The number of halogens is 1. The first-order chi connectivity index (χ1) is 11.1. The maximum Gasteiger partial charge on any atom is 0.186 e. The number of thiazole rings is 1. The second-order valence-electron chi connectivity index (χ2n) is 5.94. The highest BCUT2D eigenvalue weighted by atomic mass is 79.9. The molecule has 0 bridgehead atoms. The van der Waals surface area contributed by atoms with Crippen molar-refractivity contribution < 1.29 is 0 Å². The fourth-order valence-corrected chi connectivity index (χ4v) is 4.44. The van der Waals surface area contributed by atoms with Gasteiger partial charge in [0.05, 0.1) is 11.7 Å². The van der Waals surface area contributed by atoms with Crippen molar-refractivity contribution in [1.29, 1.82) is 0 Å². The van der Waals surface area contributed by atoms with E-state index in [9.17, 15) is 0 Å². The van der Waals surface area contributed by atoms with E-state index < -0.39 is 0 Å². The molecule has 1 aliphatic rings. The Balaban J connectivity index is 1.63. The molecule has 0 spiro atoms. The molecule has 0 amide bonds. The molecular weight excluding hydrogens is 370 g/mol. The number of aryl methyl sites for hydroxylation is 1. The van der Waals surface area contributed by atoms with Gasteiger partial charge in [-0.2, -0.15) is 0 Å². The average Bonchev–Trinajstić information content (AvgIpc) is 3.17. The van der Waals surface area contributed by atoms with Crippen LogP contribution in [0.25, 0.3) is 11.3 Å². The van der Waals surface area contributed by atoms with Crippen molar-refractivity contribution in [2.75, 3.05) is 11.4 Å². The lowest BCUT2D eigenvalue weighted by Gasteiger charge is -2.35. The standard InChI is InChI=1S/C18H18BrN3S/c1-12-3-8-17-13(2)22(10-9-21(12)17)18-20-16(11-23-18)14-4-6-15(19)7-5-14/h3-8,11,13H,9-10H2,1-2H3/t13-/m0/s1. The van der Waals surface area contributed by atoms with Gasteiger partial charge in [0.15, 0.2) is 5.13 Å². The molecular formula is C18H18BrN3S. The van der Waals surface area contributed by atoms with Crippen LogP contribution in [0.4, 0.5) is 5.13 Å². The summed E-state index contributed by atoms with van der Waals surface area (Å²) in [4.78, 5) is 7.30. The number of anilines is 1. The topological polar surface area (TPSA) is 21.1 Å². The summed E-state index contributed by atoms with van der Waals surface area (Å²) in [7, 11) is 0. The number of hydrogen-bond acceptors (Lipinski definition) is 3. The average molecular weight is 388 g/mol. The Kier molecular flexibility index (Phi) is 3.77. The normalized spacial score (nSPS) is 17.3. The second kappa shape index (κ2) is 5.80. The summed E-state index contributed by atoms with van der Waals surface area (Å²) in [6.45, 7) is 6.49. The molecule has 118 valence electrons. The predicted molar refractivity (Wildman–Crippen MR) is 100 cm³/mol. The molecule has 3 nitrogen and oxygen atoms in total. The summed E-state index contributed by atoms with van der Waals surface area (Å²) < 4.78 is 3.52. The predicted octanol–water partition coefficient (Wildman–Crippen LogP) is 5.26. The maximum absolute atomic E-state index is 4.88. The molecule has 0 saturated heterocycles. The fraction of sp³-hybridized carbons (Fsp3) is 0.278. The number of rotatable bonds is 2. The summed E-state index contributed by atoms with van der Waals surface area (Å²) in [6, 6.07) is 13.2. The molecule has 1 aliphatic heterocycles. The molecule has 0 N–H and O–H groups in total. The van der Waals surface area contributed by atoms with Gasteiger partial charge in [-0.05, 0) is 38.1 Å². The zero-order chi connectivity index (χ0) is 16.0. The molecule has 4 rings (SSSR count). The molecule has 23 heavy (non-hydrogen) atoms. The minimum Gasteiger partial charge on any atom is -0.345 e. The molecule has 0 aliphatic carbocycles. The van der Waals surface area contributed by atoms with Crippen LogP contribution in [0.5, 0.6) is 0 Å². The molecule has 1 atom stereocenters. The molecule has 3 heterocycles. The van der Waals surface area contributed by atoms with Crippen LogP contribution in [0.3, 0.4) is 0 Å². The molecule has 2 aromatic heterocycles. The maximum atomic E-state index is 4.88. The van der Waals surface area contributed by atoms with Gasteiger partial charge < -0.3 is 9.47 Å². The summed E-state index contributed by atoms with van der Waals surface area (Å²) >= 11 is 5.22. The largest absolute Gasteiger partial charge is 0.345 e. The van der Waals surface area contributed by atoms with Gasteiger partial charge in [-0.3, -0.25) is 0 Å². The molecule has 0 saturated carbocycles. The third-order valence-electron chi connectivity index (χ3n) is 4.57. The highest BCUT2D eigenvalue weighted by Gasteiger charge is 2.26. The van der Waals surface area contributed by atoms with Crippen molar-refractivity contribution in [2.24, 2.45) is 0 Å². The van der Waals surface area contributed by atoms with Gasteiger partial charge in [0, 0.05) is 39.9 Å². The van der Waals surface area contributed by atoms with Crippen LogP contribution in [0.2, 0.25) is 0 Å². The lowest BCUT2D eigenvalue weighted by molar-refractivity contribution is 0.502. The molecule has 0 fully saturated rings. The molecule has 0 radical (unpaired) electrons. The Hall–Kier alpha value is -1.59. The van der Waals surface area contributed by atoms with E-state index in [0.29, 0.717) is 6.04 Å². The number of nitrogens with zero attached hydrogens (tertiary/aromatic N) is 3. The Morgan fingerprint density at radius 1 is 1.13 bits per heavy atom. The van der Waals surface area contributed by atoms with Gasteiger partial charge in [-0.1, -0.05) is 28.1 Å². The smallest absolute Gasteiger partial charge is 0.186 e. The third kappa shape index (κ3) is 2.62. The van der Waals surface area contributed by atoms with Crippen molar-refractivity contribution in [3.63, 3.8) is 0 Å². The van der Waals surface area contributed by atoms with E-state index in [1.54, 1.807) is 11.3 Å². The van der Waals surface area contributed by atoms with Crippen molar-refractivity contribution in [2.45, 2.75) is 26.4 Å². The minimum absolute atomic E-state index is 0.362. The van der Waals surface area contributed by atoms with Crippen LogP contribution in [-0.4, -0.2) is 16.1 Å². The van der Waals surface area contributed by atoms with Gasteiger partial charge in [-0.15, -0.1) is 11.3 Å². The quantitative estimate of drug-likeness (QED) is 0.597. The summed E-state index contributed by atoms with van der Waals surface area (Å²) in [5.74, 6) is 0. The number of aromatic nitrogens is 2. The number of hydrogen-bond donors (Lipinski definition) is 0. The second-order valence-corrected chi connectivity index (χ2v) is 7.70. The highest BCUT2D eigenvalue weighted by Crippen LogP contribution is 2.35. The van der Waals surface area contributed by atoms with E-state index >= 15 is 0 Å². The van der Waals surface area contributed by atoms with Gasteiger partial charge in [0.2, 0.25) is 0 Å². The van der Waals surface area contributed by atoms with E-state index in [4.69, 9.17) is 4.98 Å².